The van der Waals surface area contributed by atoms with Crippen LogP contribution in [0, 0.1) is 0 Å². The Hall–Kier alpha value is -0.600. The van der Waals surface area contributed by atoms with E-state index in [2.05, 4.69) is 4.74 Å². The molecule has 9 heteroatoms. The van der Waals surface area contributed by atoms with Crippen molar-refractivity contribution in [2.45, 2.75) is 35.2 Å². The first-order valence-corrected chi connectivity index (χ1v) is 3.98. The van der Waals surface area contributed by atoms with Crippen LogP contribution in [0.25, 0.3) is 0 Å². The Morgan fingerprint density at radius 1 is 0.875 bits per heavy atom. The molecule has 0 heterocycles. The van der Waals surface area contributed by atoms with Crippen LogP contribution in [-0.4, -0.2) is 42.3 Å². The third-order valence-electron chi connectivity index (χ3n) is 3.23. The van der Waals surface area contributed by atoms with Crippen molar-refractivity contribution in [2.24, 2.45) is 0 Å². The van der Waals surface area contributed by atoms with Gasteiger partial charge in [0.2, 0.25) is 6.17 Å². The lowest BCUT2D eigenvalue weighted by Crippen LogP contribution is -3.04. The molecule has 0 aliphatic heterocycles. The fraction of sp³-hybridized carbons (Fsp3) is 1.00. The maximum atomic E-state index is 13.3. The standard InChI is InChI=1S/C7H4F8O/c1-16-4(10)2(8)3(9)5(4,11)7(14,15)6(3,12)13/h2H,1H3. The van der Waals surface area contributed by atoms with Gasteiger partial charge in [0.25, 0.3) is 17.2 Å². The SMILES string of the molecule is COC1(F)C(F)C2(F)C(F)(F)C(F)(F)C12F. The molecule has 16 heavy (non-hydrogen) atoms. The van der Waals surface area contributed by atoms with Crippen LogP contribution in [0.4, 0.5) is 35.1 Å². The highest BCUT2D eigenvalue weighted by Gasteiger charge is 3.14. The molecule has 1 nitrogen and oxygen atoms in total. The van der Waals surface area contributed by atoms with Crippen LogP contribution in [0.15, 0.2) is 0 Å². The molecule has 0 N–H and O–H groups in total. The van der Waals surface area contributed by atoms with E-state index in [9.17, 15) is 35.1 Å². The molecule has 0 aromatic heterocycles. The molecule has 2 aliphatic rings. The fourth-order valence-corrected chi connectivity index (χ4v) is 2.22. The lowest BCUT2D eigenvalue weighted by Gasteiger charge is -2.70. The summed E-state index contributed by atoms with van der Waals surface area (Å²) >= 11 is 0. The molecule has 4 atom stereocenters. The van der Waals surface area contributed by atoms with E-state index in [0.717, 1.165) is 0 Å². The van der Waals surface area contributed by atoms with Crippen LogP contribution >= 0.6 is 0 Å². The van der Waals surface area contributed by atoms with Crippen LogP contribution in [-0.2, 0) is 4.74 Å². The number of rotatable bonds is 1. The molecular weight excluding hydrogens is 252 g/mol. The zero-order chi connectivity index (χ0) is 12.8. The summed E-state index contributed by atoms with van der Waals surface area (Å²) in [6, 6.07) is 0. The first-order chi connectivity index (χ1) is 6.97. The number of hydrogen-bond acceptors (Lipinski definition) is 1. The van der Waals surface area contributed by atoms with Crippen LogP contribution in [0.1, 0.15) is 0 Å². The summed E-state index contributed by atoms with van der Waals surface area (Å²) in [7, 11) is 0.278. The molecule has 4 unspecified atom stereocenters. The van der Waals surface area contributed by atoms with Gasteiger partial charge in [0.15, 0.2) is 0 Å². The van der Waals surface area contributed by atoms with E-state index in [1.165, 1.54) is 0 Å². The highest BCUT2D eigenvalue weighted by atomic mass is 19.3. The van der Waals surface area contributed by atoms with Crippen molar-refractivity contribution >= 4 is 0 Å². The van der Waals surface area contributed by atoms with E-state index < -0.39 is 35.2 Å². The molecule has 2 saturated carbocycles. The highest BCUT2D eigenvalue weighted by molar-refractivity contribution is 5.47. The van der Waals surface area contributed by atoms with Crippen LogP contribution in [0.3, 0.4) is 0 Å². The van der Waals surface area contributed by atoms with E-state index in [-0.39, 0.29) is 7.11 Å². The number of hydrogen-bond donors (Lipinski definition) is 0. The van der Waals surface area contributed by atoms with Crippen LogP contribution < -0.4 is 0 Å². The predicted octanol–water partition coefficient (Wildman–Crippen LogP) is 2.35. The van der Waals surface area contributed by atoms with E-state index in [1.807, 2.05) is 0 Å². The monoisotopic (exact) mass is 256 g/mol. The summed E-state index contributed by atoms with van der Waals surface area (Å²) in [5, 5.41) is 0. The van der Waals surface area contributed by atoms with Crippen molar-refractivity contribution in [1.29, 1.82) is 0 Å². The zero-order valence-electron chi connectivity index (χ0n) is 7.51. The van der Waals surface area contributed by atoms with Crippen molar-refractivity contribution in [2.75, 3.05) is 7.11 Å². The van der Waals surface area contributed by atoms with Crippen molar-refractivity contribution < 1.29 is 39.9 Å². The van der Waals surface area contributed by atoms with Gasteiger partial charge < -0.3 is 4.74 Å². The lowest BCUT2D eigenvalue weighted by molar-refractivity contribution is -0.561. The quantitative estimate of drug-likeness (QED) is 0.654. The van der Waals surface area contributed by atoms with Crippen molar-refractivity contribution in [3.63, 3.8) is 0 Å². The number of fused-ring (bicyclic) bond motifs is 1. The first kappa shape index (κ1) is 11.9. The average Bonchev–Trinajstić information content (AvgIpc) is 2.23. The molecular formula is C7H4F8O. The zero-order valence-corrected chi connectivity index (χ0v) is 7.51. The van der Waals surface area contributed by atoms with Gasteiger partial charge in [0.05, 0.1) is 0 Å². The summed E-state index contributed by atoms with van der Waals surface area (Å²) in [5.41, 5.74) is -9.90. The van der Waals surface area contributed by atoms with E-state index >= 15 is 0 Å². The first-order valence-electron chi connectivity index (χ1n) is 3.98. The number of ether oxygens (including phenoxy) is 1. The van der Waals surface area contributed by atoms with E-state index in [4.69, 9.17) is 0 Å². The maximum Gasteiger partial charge on any atom is 0.356 e. The molecule has 0 spiro atoms. The summed E-state index contributed by atoms with van der Waals surface area (Å²) in [5.74, 6) is -15.7. The maximum absolute atomic E-state index is 13.3. The molecule has 2 fully saturated rings. The molecule has 0 aromatic rings. The topological polar surface area (TPSA) is 9.23 Å². The summed E-state index contributed by atoms with van der Waals surface area (Å²) in [6.07, 6.45) is -3.82. The predicted molar refractivity (Wildman–Crippen MR) is 33.3 cm³/mol. The van der Waals surface area contributed by atoms with Gasteiger partial charge in [-0.3, -0.25) is 0 Å². The van der Waals surface area contributed by atoms with Gasteiger partial charge in [-0.25, -0.2) is 17.6 Å². The summed E-state index contributed by atoms with van der Waals surface area (Å²) < 4.78 is 106. The molecule has 0 radical (unpaired) electrons. The second kappa shape index (κ2) is 2.32. The van der Waals surface area contributed by atoms with E-state index in [0.29, 0.717) is 0 Å². The Kier molecular flexibility index (Phi) is 1.72. The van der Waals surface area contributed by atoms with Gasteiger partial charge in [-0.2, -0.15) is 17.6 Å². The molecule has 2 aliphatic carbocycles. The van der Waals surface area contributed by atoms with E-state index in [1.54, 1.807) is 0 Å². The lowest BCUT2D eigenvalue weighted by atomic mass is 9.45. The van der Waals surface area contributed by atoms with Crippen molar-refractivity contribution in [1.82, 2.24) is 0 Å². The normalized spacial score (nSPS) is 57.2. The third kappa shape index (κ3) is 0.584. The molecule has 0 saturated heterocycles. The average molecular weight is 256 g/mol. The minimum Gasteiger partial charge on any atom is -0.344 e. The van der Waals surface area contributed by atoms with Gasteiger partial charge >= 0.3 is 11.8 Å². The third-order valence-corrected chi connectivity index (χ3v) is 3.23. The Labute approximate surface area is 83.4 Å². The minimum atomic E-state index is -5.66. The Bertz CT molecular complexity index is 352. The molecule has 2 rings (SSSR count). The minimum absolute atomic E-state index is 0.278. The van der Waals surface area contributed by atoms with Crippen LogP contribution in [0.2, 0.25) is 0 Å². The Morgan fingerprint density at radius 3 is 1.69 bits per heavy atom. The van der Waals surface area contributed by atoms with Crippen molar-refractivity contribution in [3.8, 4) is 0 Å². The smallest absolute Gasteiger partial charge is 0.344 e. The van der Waals surface area contributed by atoms with Crippen molar-refractivity contribution in [3.05, 3.63) is 0 Å². The summed E-state index contributed by atoms with van der Waals surface area (Å²) in [4.78, 5) is 0. The molecule has 0 amide bonds. The molecule has 0 bridgehead atoms. The Balaban J connectivity index is 2.57. The second-order valence-corrected chi connectivity index (χ2v) is 3.73. The fourth-order valence-electron chi connectivity index (χ4n) is 2.22. The van der Waals surface area contributed by atoms with Gasteiger partial charge in [-0.15, -0.1) is 0 Å². The van der Waals surface area contributed by atoms with Gasteiger partial charge in [0, 0.05) is 7.11 Å². The van der Waals surface area contributed by atoms with Gasteiger partial charge in [-0.05, 0) is 0 Å². The molecule has 0 aromatic carbocycles. The number of methoxy groups -OCH3 is 1. The number of alkyl halides is 8. The largest absolute Gasteiger partial charge is 0.356 e. The molecule has 94 valence electrons. The second-order valence-electron chi connectivity index (χ2n) is 3.73. The number of halogens is 8. The van der Waals surface area contributed by atoms with Gasteiger partial charge in [-0.1, -0.05) is 0 Å². The van der Waals surface area contributed by atoms with Crippen LogP contribution in [0.5, 0.6) is 0 Å². The van der Waals surface area contributed by atoms with Gasteiger partial charge in [0.1, 0.15) is 0 Å². The summed E-state index contributed by atoms with van der Waals surface area (Å²) in [6.45, 7) is 0. The highest BCUT2D eigenvalue weighted by Crippen LogP contribution is 2.81. The Morgan fingerprint density at radius 2 is 1.31 bits per heavy atom.